The third-order valence-electron chi connectivity index (χ3n) is 11.5. The third kappa shape index (κ3) is 9.25. The van der Waals surface area contributed by atoms with Crippen LogP contribution in [0.1, 0.15) is 61.8 Å². The number of aldehydes is 2. The Morgan fingerprint density at radius 1 is 0.898 bits per heavy atom. The highest BCUT2D eigenvalue weighted by molar-refractivity contribution is 6.35. The van der Waals surface area contributed by atoms with Crippen LogP contribution < -0.4 is 9.64 Å². The molecule has 0 bridgehead atoms. The summed E-state index contributed by atoms with van der Waals surface area (Å²) in [6, 6.07) is 13.9. The Bertz CT molecular complexity index is 2420. The number of aliphatic hydroxyl groups is 1. The number of benzene rings is 3. The van der Waals surface area contributed by atoms with Gasteiger partial charge in [-0.3, -0.25) is 19.2 Å². The molecule has 1 fully saturated rings. The number of aryl methyl sites for hydroxylation is 6. The minimum absolute atomic E-state index is 0.492. The normalized spacial score (nSPS) is 13.2. The molecule has 4 heterocycles. The molecule has 1 aliphatic heterocycles. The molecule has 0 unspecified atom stereocenters. The summed E-state index contributed by atoms with van der Waals surface area (Å²) >= 11 is 13.5. The number of carbonyl (C=O) groups is 2. The number of halogens is 2. The highest BCUT2D eigenvalue weighted by atomic mass is 35.5. The zero-order valence-corrected chi connectivity index (χ0v) is 36.8. The van der Waals surface area contributed by atoms with Crippen molar-refractivity contribution >= 4 is 63.3 Å². The van der Waals surface area contributed by atoms with Crippen molar-refractivity contribution in [3.05, 3.63) is 98.0 Å². The quantitative estimate of drug-likeness (QED) is 0.0763. The second-order valence-electron chi connectivity index (χ2n) is 15.3. The highest BCUT2D eigenvalue weighted by Crippen LogP contribution is 2.42. The monoisotopic (exact) mass is 842 g/mol. The molecular formula is C46H56Cl2N6O5. The van der Waals surface area contributed by atoms with Crippen LogP contribution in [0.25, 0.3) is 32.9 Å². The molecular weight excluding hydrogens is 787 g/mol. The molecule has 0 aliphatic carbocycles. The molecule has 7 rings (SSSR count). The first kappa shape index (κ1) is 43.9. The number of aromatic nitrogens is 4. The fourth-order valence-electron chi connectivity index (χ4n) is 8.46. The van der Waals surface area contributed by atoms with Gasteiger partial charge in [-0.1, -0.05) is 41.4 Å². The average molecular weight is 844 g/mol. The van der Waals surface area contributed by atoms with Crippen LogP contribution in [0, 0.1) is 27.7 Å². The summed E-state index contributed by atoms with van der Waals surface area (Å²) in [5.74, 6) is 0.789. The molecule has 1 N–H and O–H groups in total. The SMILES string of the molecule is CO.Cc1cc(OCCCc2c(C=O)n(CCCN(C)c3cn(CCN4CCOCC4)c4cc(C=O)ccc34)c3c(-c4c(C)nn(C)c4C)c(Cl)ccc23)cc(C)c1Cl. The fourth-order valence-corrected chi connectivity index (χ4v) is 8.81. The summed E-state index contributed by atoms with van der Waals surface area (Å²) in [7, 11) is 5.06. The first-order chi connectivity index (χ1) is 28.5. The number of hydrogen-bond donors (Lipinski definition) is 1. The molecule has 0 atom stereocenters. The van der Waals surface area contributed by atoms with Crippen molar-refractivity contribution in [3.8, 4) is 16.9 Å². The van der Waals surface area contributed by atoms with Gasteiger partial charge in [-0.25, -0.2) is 0 Å². The van der Waals surface area contributed by atoms with E-state index in [9.17, 15) is 9.59 Å². The first-order valence-electron chi connectivity index (χ1n) is 20.2. The van der Waals surface area contributed by atoms with E-state index in [0.717, 1.165) is 150 Å². The Kier molecular flexibility index (Phi) is 14.6. The second kappa shape index (κ2) is 19.6. The van der Waals surface area contributed by atoms with Gasteiger partial charge in [0.25, 0.3) is 0 Å². The van der Waals surface area contributed by atoms with Crippen molar-refractivity contribution in [1.82, 2.24) is 23.8 Å². The lowest BCUT2D eigenvalue weighted by Crippen LogP contribution is -2.38. The number of fused-ring (bicyclic) bond motifs is 2. The minimum Gasteiger partial charge on any atom is -0.494 e. The van der Waals surface area contributed by atoms with Crippen LogP contribution in [0.15, 0.2) is 48.7 Å². The van der Waals surface area contributed by atoms with Crippen LogP contribution in [0.2, 0.25) is 10.0 Å². The second-order valence-corrected chi connectivity index (χ2v) is 16.1. The molecule has 59 heavy (non-hydrogen) atoms. The van der Waals surface area contributed by atoms with Gasteiger partial charge in [-0.05, 0) is 87.9 Å². The standard InChI is InChI=1S/C45H52Cl2N6O4.CH4O/c1-29-23-34(24-30(2)44(29)47)57-20-7-9-35-36-12-13-38(46)43(42-31(3)48-50(6)32(42)4)45(36)53(41(35)28-55)15-8-14-49(5)40-26-52(17-16-51-18-21-56-22-19-51)39-25-33(27-54)10-11-37(39)40;1-2/h10-13,23-28H,7-9,14-22H2,1-6H3;2H,1H3. The number of aliphatic hydroxyl groups excluding tert-OH is 1. The van der Waals surface area contributed by atoms with Crippen molar-refractivity contribution in [2.45, 2.75) is 60.0 Å². The summed E-state index contributed by atoms with van der Waals surface area (Å²) in [6.07, 6.45) is 6.25. The van der Waals surface area contributed by atoms with Crippen molar-refractivity contribution in [2.24, 2.45) is 7.05 Å². The molecule has 314 valence electrons. The minimum atomic E-state index is 0.492. The molecule has 6 aromatic rings. The van der Waals surface area contributed by atoms with Crippen LogP contribution in [-0.4, -0.2) is 102 Å². The highest BCUT2D eigenvalue weighted by Gasteiger charge is 2.25. The Balaban J connectivity index is 0.00000288. The van der Waals surface area contributed by atoms with Gasteiger partial charge in [-0.2, -0.15) is 5.10 Å². The molecule has 1 aliphatic rings. The third-order valence-corrected chi connectivity index (χ3v) is 12.4. The molecule has 0 saturated carbocycles. The number of hydrogen-bond acceptors (Lipinski definition) is 8. The molecule has 11 nitrogen and oxygen atoms in total. The van der Waals surface area contributed by atoms with Crippen LogP contribution >= 0.6 is 23.2 Å². The van der Waals surface area contributed by atoms with E-state index >= 15 is 0 Å². The van der Waals surface area contributed by atoms with Crippen molar-refractivity contribution in [1.29, 1.82) is 0 Å². The van der Waals surface area contributed by atoms with Gasteiger partial charge in [0.15, 0.2) is 6.29 Å². The molecule has 1 saturated heterocycles. The van der Waals surface area contributed by atoms with Crippen molar-refractivity contribution < 1.29 is 24.2 Å². The number of carbonyl (C=O) groups excluding carboxylic acids is 2. The molecule has 0 amide bonds. The lowest BCUT2D eigenvalue weighted by molar-refractivity contribution is 0.0365. The summed E-state index contributed by atoms with van der Waals surface area (Å²) in [5, 5.41) is 15.2. The molecule has 3 aromatic heterocycles. The van der Waals surface area contributed by atoms with Crippen LogP contribution in [-0.2, 0) is 31.3 Å². The summed E-state index contributed by atoms with van der Waals surface area (Å²) in [5.41, 5.74) is 11.2. The van der Waals surface area contributed by atoms with Crippen LogP contribution in [0.3, 0.4) is 0 Å². The van der Waals surface area contributed by atoms with E-state index in [1.165, 1.54) is 0 Å². The van der Waals surface area contributed by atoms with Crippen LogP contribution in [0.5, 0.6) is 5.75 Å². The van der Waals surface area contributed by atoms with Gasteiger partial charge < -0.3 is 28.6 Å². The molecule has 3 aromatic carbocycles. The topological polar surface area (TPSA) is 107 Å². The number of anilines is 1. The predicted octanol–water partition coefficient (Wildman–Crippen LogP) is 8.64. The first-order valence-corrected chi connectivity index (χ1v) is 21.0. The number of morpholine rings is 1. The Morgan fingerprint density at radius 3 is 2.27 bits per heavy atom. The average Bonchev–Trinajstić information content (AvgIpc) is 3.85. The molecule has 13 heteroatoms. The van der Waals surface area contributed by atoms with E-state index in [1.807, 2.05) is 62.8 Å². The van der Waals surface area contributed by atoms with Crippen LogP contribution in [0.4, 0.5) is 5.69 Å². The van der Waals surface area contributed by atoms with E-state index in [1.54, 1.807) is 0 Å². The van der Waals surface area contributed by atoms with E-state index in [0.29, 0.717) is 42.3 Å². The largest absolute Gasteiger partial charge is 0.494 e. The summed E-state index contributed by atoms with van der Waals surface area (Å²) in [4.78, 5) is 29.7. The summed E-state index contributed by atoms with van der Waals surface area (Å²) in [6.45, 7) is 14.9. The zero-order chi connectivity index (χ0) is 42.4. The Labute approximate surface area is 357 Å². The Morgan fingerprint density at radius 2 is 1.61 bits per heavy atom. The molecule has 0 radical (unpaired) electrons. The maximum absolute atomic E-state index is 13.2. The maximum Gasteiger partial charge on any atom is 0.166 e. The van der Waals surface area contributed by atoms with Gasteiger partial charge in [0.05, 0.1) is 53.0 Å². The zero-order valence-electron chi connectivity index (χ0n) is 35.3. The Hall–Kier alpha value is -4.65. The maximum atomic E-state index is 13.2. The van der Waals surface area contributed by atoms with E-state index in [2.05, 4.69) is 51.2 Å². The number of nitrogens with zero attached hydrogens (tertiary/aromatic N) is 6. The lowest BCUT2D eigenvalue weighted by atomic mass is 9.98. The van der Waals surface area contributed by atoms with Gasteiger partial charge in [-0.15, -0.1) is 0 Å². The summed E-state index contributed by atoms with van der Waals surface area (Å²) < 4.78 is 18.1. The molecule has 0 spiro atoms. The fraction of sp³-hybridized carbons (Fsp3) is 0.413. The number of ether oxygens (including phenoxy) is 2. The smallest absolute Gasteiger partial charge is 0.166 e. The predicted molar refractivity (Wildman–Crippen MR) is 239 cm³/mol. The van der Waals surface area contributed by atoms with Gasteiger partial charge in [0, 0.05) is 105 Å². The van der Waals surface area contributed by atoms with Crippen molar-refractivity contribution in [3.63, 3.8) is 0 Å². The lowest BCUT2D eigenvalue weighted by Gasteiger charge is -2.26. The van der Waals surface area contributed by atoms with Gasteiger partial charge >= 0.3 is 0 Å². The van der Waals surface area contributed by atoms with Crippen molar-refractivity contribution in [2.75, 3.05) is 65.1 Å². The van der Waals surface area contributed by atoms with Gasteiger partial charge in [0.1, 0.15) is 12.0 Å². The number of rotatable bonds is 16. The van der Waals surface area contributed by atoms with E-state index in [4.69, 9.17) is 42.9 Å². The van der Waals surface area contributed by atoms with E-state index < -0.39 is 0 Å². The van der Waals surface area contributed by atoms with Gasteiger partial charge in [0.2, 0.25) is 0 Å². The van der Waals surface area contributed by atoms with E-state index in [-0.39, 0.29) is 0 Å².